The van der Waals surface area contributed by atoms with Crippen molar-refractivity contribution in [2.45, 2.75) is 39.8 Å². The smallest absolute Gasteiger partial charge is 0.331 e. The Kier molecular flexibility index (Phi) is 6.23. The number of hydrogen-bond donors (Lipinski definition) is 0. The molecule has 1 atom stereocenters. The van der Waals surface area contributed by atoms with Crippen LogP contribution in [0.2, 0.25) is 0 Å². The third kappa shape index (κ3) is 4.38. The van der Waals surface area contributed by atoms with Gasteiger partial charge in [-0.2, -0.15) is 0 Å². The first-order chi connectivity index (χ1) is 18.9. The molecule has 4 aromatic carbocycles. The Labute approximate surface area is 226 Å². The highest BCUT2D eigenvalue weighted by Gasteiger charge is 2.33. The fourth-order valence-corrected chi connectivity index (χ4v) is 5.46. The topological polar surface area (TPSA) is 69.9 Å². The lowest BCUT2D eigenvalue weighted by molar-refractivity contribution is -0.140. The molecule has 6 nitrogen and oxygen atoms in total. The van der Waals surface area contributed by atoms with Crippen LogP contribution in [0.4, 0.5) is 0 Å². The molecule has 5 aromatic rings. The fourth-order valence-electron chi connectivity index (χ4n) is 5.46. The van der Waals surface area contributed by atoms with E-state index in [4.69, 9.17) is 9.57 Å². The van der Waals surface area contributed by atoms with Gasteiger partial charge >= 0.3 is 5.97 Å². The SMILES string of the molecule is CCn1c2ccc(C(=O)c3ccccc3C)cc2c2cc3c(cc21)OC(Cc1ccccc1)/C3=N\OC(C)=O. The third-order valence-electron chi connectivity index (χ3n) is 7.32. The number of hydrogen-bond acceptors (Lipinski definition) is 5. The molecule has 0 aliphatic carbocycles. The monoisotopic (exact) mass is 516 g/mol. The molecule has 1 unspecified atom stereocenters. The van der Waals surface area contributed by atoms with Crippen LogP contribution in [0.3, 0.4) is 0 Å². The molecule has 1 aliphatic rings. The summed E-state index contributed by atoms with van der Waals surface area (Å²) in [7, 11) is 0. The van der Waals surface area contributed by atoms with Crippen LogP contribution in [0.1, 0.15) is 46.5 Å². The number of oxime groups is 1. The average Bonchev–Trinajstić information content (AvgIpc) is 3.43. The second-order valence-corrected chi connectivity index (χ2v) is 9.84. The fraction of sp³-hybridized carbons (Fsp3) is 0.182. The molecule has 0 saturated carbocycles. The maximum atomic E-state index is 13.4. The van der Waals surface area contributed by atoms with Gasteiger partial charge in [0.1, 0.15) is 17.6 Å². The number of nitrogens with zero attached hydrogens (tertiary/aromatic N) is 2. The van der Waals surface area contributed by atoms with Gasteiger partial charge in [-0.05, 0) is 49.2 Å². The molecule has 0 fully saturated rings. The van der Waals surface area contributed by atoms with Crippen LogP contribution in [-0.4, -0.2) is 28.1 Å². The summed E-state index contributed by atoms with van der Waals surface area (Å²) in [6.07, 6.45) is 0.191. The number of aryl methyl sites for hydroxylation is 2. The Hall–Kier alpha value is -4.71. The average molecular weight is 517 g/mol. The Balaban J connectivity index is 1.50. The molecular formula is C33H28N2O4. The zero-order valence-corrected chi connectivity index (χ0v) is 22.1. The van der Waals surface area contributed by atoms with E-state index in [9.17, 15) is 9.59 Å². The maximum absolute atomic E-state index is 13.4. The summed E-state index contributed by atoms with van der Waals surface area (Å²) in [5, 5.41) is 6.20. The first-order valence-electron chi connectivity index (χ1n) is 13.1. The largest absolute Gasteiger partial charge is 0.483 e. The molecular weight excluding hydrogens is 488 g/mol. The molecule has 6 rings (SSSR count). The molecule has 0 amide bonds. The number of ether oxygens (including phenoxy) is 1. The van der Waals surface area contributed by atoms with Gasteiger partial charge in [0, 0.05) is 58.9 Å². The van der Waals surface area contributed by atoms with Crippen LogP contribution in [0.25, 0.3) is 21.8 Å². The van der Waals surface area contributed by atoms with Gasteiger partial charge in [-0.3, -0.25) is 4.79 Å². The minimum absolute atomic E-state index is 0.00285. The van der Waals surface area contributed by atoms with Crippen LogP contribution in [-0.2, 0) is 22.6 Å². The molecule has 0 bridgehead atoms. The van der Waals surface area contributed by atoms with E-state index in [-0.39, 0.29) is 5.78 Å². The van der Waals surface area contributed by atoms with Crippen molar-refractivity contribution in [3.8, 4) is 5.75 Å². The Bertz CT molecular complexity index is 1780. The van der Waals surface area contributed by atoms with Crippen LogP contribution in [0.5, 0.6) is 5.75 Å². The number of ketones is 1. The minimum atomic E-state index is -0.488. The number of benzene rings is 4. The van der Waals surface area contributed by atoms with Crippen LogP contribution in [0, 0.1) is 6.92 Å². The maximum Gasteiger partial charge on any atom is 0.331 e. The standard InChI is InChI=1S/C33H28N2O4/c1-4-35-28-15-14-23(33(37)24-13-9-8-10-20(24)2)17-25(28)26-18-27-30(19-29(26)35)38-31(32(27)34-39-21(3)36)16-22-11-6-5-7-12-22/h5-15,17-19,31H,4,16H2,1-3H3/b34-32-. The number of fused-ring (bicyclic) bond motifs is 4. The van der Waals surface area contributed by atoms with Gasteiger partial charge in [-0.25, -0.2) is 4.79 Å². The molecule has 1 aliphatic heterocycles. The van der Waals surface area contributed by atoms with Crippen molar-refractivity contribution in [2.24, 2.45) is 5.16 Å². The van der Waals surface area contributed by atoms with Crippen LogP contribution >= 0.6 is 0 Å². The number of carbonyl (C=O) groups excluding carboxylic acids is 2. The first kappa shape index (κ1) is 24.6. The third-order valence-corrected chi connectivity index (χ3v) is 7.32. The van der Waals surface area contributed by atoms with Crippen molar-refractivity contribution < 1.29 is 19.2 Å². The van der Waals surface area contributed by atoms with Crippen molar-refractivity contribution in [3.63, 3.8) is 0 Å². The van der Waals surface area contributed by atoms with Gasteiger partial charge in [0.2, 0.25) is 0 Å². The van der Waals surface area contributed by atoms with Crippen molar-refractivity contribution in [1.82, 2.24) is 4.57 Å². The van der Waals surface area contributed by atoms with Crippen molar-refractivity contribution >= 4 is 39.3 Å². The summed E-state index contributed by atoms with van der Waals surface area (Å²) in [6, 6.07) is 27.6. The normalized spacial score (nSPS) is 15.5. The van der Waals surface area contributed by atoms with Crippen LogP contribution in [0.15, 0.2) is 90.1 Å². The Morgan fingerprint density at radius 3 is 2.41 bits per heavy atom. The van der Waals surface area contributed by atoms with E-state index in [1.165, 1.54) is 6.92 Å². The number of rotatable bonds is 6. The summed E-state index contributed by atoms with van der Waals surface area (Å²) in [6.45, 7) is 6.14. The van der Waals surface area contributed by atoms with Gasteiger partial charge in [0.15, 0.2) is 5.78 Å². The summed E-state index contributed by atoms with van der Waals surface area (Å²) in [5.41, 5.74) is 6.80. The predicted octanol–water partition coefficient (Wildman–Crippen LogP) is 6.62. The molecule has 39 heavy (non-hydrogen) atoms. The molecule has 0 spiro atoms. The van der Waals surface area contributed by atoms with Gasteiger partial charge in [-0.1, -0.05) is 59.8 Å². The minimum Gasteiger partial charge on any atom is -0.483 e. The van der Waals surface area contributed by atoms with Gasteiger partial charge in [-0.15, -0.1) is 0 Å². The van der Waals surface area contributed by atoms with E-state index < -0.39 is 12.1 Å². The van der Waals surface area contributed by atoms with Crippen molar-refractivity contribution in [3.05, 3.63) is 113 Å². The lowest BCUT2D eigenvalue weighted by atomic mass is 9.97. The molecule has 6 heteroatoms. The first-order valence-corrected chi connectivity index (χ1v) is 13.1. The van der Waals surface area contributed by atoms with Crippen molar-refractivity contribution in [1.29, 1.82) is 0 Å². The Morgan fingerprint density at radius 2 is 1.67 bits per heavy atom. The molecule has 194 valence electrons. The quantitative estimate of drug-likeness (QED) is 0.144. The molecule has 0 saturated heterocycles. The molecule has 0 radical (unpaired) electrons. The molecule has 2 heterocycles. The van der Waals surface area contributed by atoms with E-state index in [1.807, 2.05) is 85.8 Å². The van der Waals surface area contributed by atoms with E-state index in [1.54, 1.807) is 0 Å². The van der Waals surface area contributed by atoms with Gasteiger partial charge in [0.25, 0.3) is 0 Å². The highest BCUT2D eigenvalue weighted by Crippen LogP contribution is 2.39. The summed E-state index contributed by atoms with van der Waals surface area (Å²) in [4.78, 5) is 30.2. The predicted molar refractivity (Wildman–Crippen MR) is 153 cm³/mol. The highest BCUT2D eigenvalue weighted by molar-refractivity contribution is 6.18. The van der Waals surface area contributed by atoms with Crippen molar-refractivity contribution in [2.75, 3.05) is 0 Å². The van der Waals surface area contributed by atoms with E-state index >= 15 is 0 Å². The zero-order chi connectivity index (χ0) is 27.1. The van der Waals surface area contributed by atoms with Gasteiger partial charge < -0.3 is 14.1 Å². The molecule has 1 aromatic heterocycles. The second kappa shape index (κ2) is 9.87. The van der Waals surface area contributed by atoms with Crippen LogP contribution < -0.4 is 4.74 Å². The van der Waals surface area contributed by atoms with E-state index in [2.05, 4.69) is 22.7 Å². The summed E-state index contributed by atoms with van der Waals surface area (Å²) >= 11 is 0. The lowest BCUT2D eigenvalue weighted by Gasteiger charge is -2.11. The summed E-state index contributed by atoms with van der Waals surface area (Å²) < 4.78 is 8.63. The molecule has 0 N–H and O–H groups in total. The zero-order valence-electron chi connectivity index (χ0n) is 22.1. The number of carbonyl (C=O) groups is 2. The van der Waals surface area contributed by atoms with E-state index in [0.29, 0.717) is 29.0 Å². The van der Waals surface area contributed by atoms with E-state index in [0.717, 1.165) is 45.0 Å². The number of aromatic nitrogens is 1. The summed E-state index contributed by atoms with van der Waals surface area (Å²) in [5.74, 6) is 0.206. The lowest BCUT2D eigenvalue weighted by Crippen LogP contribution is -2.24. The highest BCUT2D eigenvalue weighted by atomic mass is 16.7. The second-order valence-electron chi connectivity index (χ2n) is 9.84. The van der Waals surface area contributed by atoms with Gasteiger partial charge in [0.05, 0.1) is 5.52 Å². The Morgan fingerprint density at radius 1 is 0.923 bits per heavy atom.